The summed E-state index contributed by atoms with van der Waals surface area (Å²) in [5, 5.41) is 16.6. The molecule has 2 N–H and O–H groups in total. The molecular weight excluding hydrogens is 320 g/mol. The van der Waals surface area contributed by atoms with E-state index < -0.39 is 11.9 Å². The summed E-state index contributed by atoms with van der Waals surface area (Å²) in [6.45, 7) is -0.291. The summed E-state index contributed by atoms with van der Waals surface area (Å²) < 4.78 is 10.1. The second-order valence-electron chi connectivity index (χ2n) is 4.81. The van der Waals surface area contributed by atoms with Crippen LogP contribution in [0.1, 0.15) is 22.2 Å². The maximum atomic E-state index is 12.4. The minimum atomic E-state index is -0.648. The average molecular weight is 333 g/mol. The lowest BCUT2D eigenvalue weighted by Gasteiger charge is -2.13. The van der Waals surface area contributed by atoms with E-state index >= 15 is 0 Å². The fraction of sp³-hybridized carbons (Fsp3) is 0.125. The number of aliphatic hydroxyl groups is 1. The van der Waals surface area contributed by atoms with Gasteiger partial charge >= 0.3 is 0 Å². The molecule has 6 nitrogen and oxygen atoms in total. The molecule has 0 saturated carbocycles. The zero-order valence-electron chi connectivity index (χ0n) is 11.9. The van der Waals surface area contributed by atoms with E-state index in [1.54, 1.807) is 36.4 Å². The molecular formula is C16H13ClN2O4. The summed E-state index contributed by atoms with van der Waals surface area (Å²) in [7, 11) is 0. The smallest absolute Gasteiger partial charge is 0.257 e. The number of amides is 1. The van der Waals surface area contributed by atoms with Gasteiger partial charge in [-0.1, -0.05) is 28.9 Å². The summed E-state index contributed by atoms with van der Waals surface area (Å²) >= 11 is 5.86. The van der Waals surface area contributed by atoms with Crippen LogP contribution in [0.25, 0.3) is 11.3 Å². The standard InChI is InChI=1S/C16H13ClN2O4/c17-11-5-3-10(4-6-11)15-12(9-23-19-15)16(21)18-13(8-20)14-2-1-7-22-14/h1-7,9,13,20H,8H2,(H,18,21). The van der Waals surface area contributed by atoms with Gasteiger partial charge in [-0.05, 0) is 24.3 Å². The maximum absolute atomic E-state index is 12.4. The number of carbonyl (C=O) groups is 1. The summed E-state index contributed by atoms with van der Waals surface area (Å²) in [6, 6.07) is 9.60. The van der Waals surface area contributed by atoms with Crippen LogP contribution < -0.4 is 5.32 Å². The second kappa shape index (κ2) is 6.68. The quantitative estimate of drug-likeness (QED) is 0.749. The number of rotatable bonds is 5. The zero-order valence-corrected chi connectivity index (χ0v) is 12.7. The molecule has 0 bridgehead atoms. The lowest BCUT2D eigenvalue weighted by Crippen LogP contribution is -2.30. The molecule has 23 heavy (non-hydrogen) atoms. The van der Waals surface area contributed by atoms with Crippen molar-refractivity contribution in [1.29, 1.82) is 0 Å². The van der Waals surface area contributed by atoms with E-state index in [2.05, 4.69) is 10.5 Å². The fourth-order valence-corrected chi connectivity index (χ4v) is 2.27. The van der Waals surface area contributed by atoms with Gasteiger partial charge in [0, 0.05) is 10.6 Å². The first-order chi connectivity index (χ1) is 11.2. The Morgan fingerprint density at radius 2 is 2.09 bits per heavy atom. The molecule has 3 rings (SSSR count). The fourth-order valence-electron chi connectivity index (χ4n) is 2.15. The molecule has 0 aliphatic rings. The third-order valence-corrected chi connectivity index (χ3v) is 3.56. The molecule has 0 radical (unpaired) electrons. The van der Waals surface area contributed by atoms with Gasteiger partial charge in [-0.25, -0.2) is 0 Å². The van der Waals surface area contributed by atoms with E-state index in [1.165, 1.54) is 12.5 Å². The minimum absolute atomic E-state index is 0.261. The van der Waals surface area contributed by atoms with Crippen LogP contribution in [0.15, 0.2) is 57.9 Å². The van der Waals surface area contributed by atoms with Gasteiger partial charge in [0.1, 0.15) is 29.3 Å². The first kappa shape index (κ1) is 15.3. The van der Waals surface area contributed by atoms with E-state index in [0.29, 0.717) is 22.0 Å². The van der Waals surface area contributed by atoms with E-state index in [-0.39, 0.29) is 12.2 Å². The highest BCUT2D eigenvalue weighted by molar-refractivity contribution is 6.30. The van der Waals surface area contributed by atoms with Crippen molar-refractivity contribution in [3.63, 3.8) is 0 Å². The van der Waals surface area contributed by atoms with Crippen molar-refractivity contribution in [2.24, 2.45) is 0 Å². The zero-order chi connectivity index (χ0) is 16.2. The van der Waals surface area contributed by atoms with Crippen molar-refractivity contribution in [3.8, 4) is 11.3 Å². The van der Waals surface area contributed by atoms with Crippen LogP contribution in [0, 0.1) is 0 Å². The largest absolute Gasteiger partial charge is 0.467 e. The molecule has 1 unspecified atom stereocenters. The molecule has 2 heterocycles. The second-order valence-corrected chi connectivity index (χ2v) is 5.24. The van der Waals surface area contributed by atoms with E-state index in [0.717, 1.165) is 0 Å². The number of hydrogen-bond acceptors (Lipinski definition) is 5. The molecule has 7 heteroatoms. The first-order valence-corrected chi connectivity index (χ1v) is 7.22. The van der Waals surface area contributed by atoms with Crippen molar-refractivity contribution < 1.29 is 18.8 Å². The number of nitrogens with one attached hydrogen (secondary N) is 1. The highest BCUT2D eigenvalue weighted by atomic mass is 35.5. The van der Waals surface area contributed by atoms with Gasteiger partial charge in [-0.2, -0.15) is 0 Å². The van der Waals surface area contributed by atoms with Crippen molar-refractivity contribution in [2.45, 2.75) is 6.04 Å². The molecule has 0 spiro atoms. The first-order valence-electron chi connectivity index (χ1n) is 6.84. The van der Waals surface area contributed by atoms with Crippen molar-refractivity contribution in [1.82, 2.24) is 10.5 Å². The Balaban J connectivity index is 1.83. The minimum Gasteiger partial charge on any atom is -0.467 e. The lowest BCUT2D eigenvalue weighted by atomic mass is 10.1. The predicted molar refractivity (Wildman–Crippen MR) is 83.0 cm³/mol. The van der Waals surface area contributed by atoms with Gasteiger partial charge in [0.05, 0.1) is 12.9 Å². The van der Waals surface area contributed by atoms with Crippen molar-refractivity contribution in [3.05, 3.63) is 65.3 Å². The number of carbonyl (C=O) groups excluding carboxylic acids is 1. The van der Waals surface area contributed by atoms with Gasteiger partial charge < -0.3 is 19.4 Å². The van der Waals surface area contributed by atoms with Crippen LogP contribution >= 0.6 is 11.6 Å². The topological polar surface area (TPSA) is 88.5 Å². The van der Waals surface area contributed by atoms with Crippen LogP contribution in [0.5, 0.6) is 0 Å². The van der Waals surface area contributed by atoms with Gasteiger partial charge in [0.2, 0.25) is 0 Å². The van der Waals surface area contributed by atoms with Crippen LogP contribution in [0.4, 0.5) is 0 Å². The molecule has 3 aromatic rings. The Bertz CT molecular complexity index is 781. The van der Waals surface area contributed by atoms with Gasteiger partial charge in [-0.3, -0.25) is 4.79 Å². The van der Waals surface area contributed by atoms with Crippen LogP contribution in [0.2, 0.25) is 5.02 Å². The third-order valence-electron chi connectivity index (χ3n) is 3.31. The number of aromatic nitrogens is 1. The molecule has 2 aromatic heterocycles. The van der Waals surface area contributed by atoms with Gasteiger partial charge in [0.15, 0.2) is 0 Å². The third kappa shape index (κ3) is 3.28. The van der Waals surface area contributed by atoms with E-state index in [1.807, 2.05) is 0 Å². The maximum Gasteiger partial charge on any atom is 0.257 e. The van der Waals surface area contributed by atoms with Crippen molar-refractivity contribution in [2.75, 3.05) is 6.61 Å². The normalized spacial score (nSPS) is 12.1. The molecule has 1 aromatic carbocycles. The number of hydrogen-bond donors (Lipinski definition) is 2. The molecule has 1 atom stereocenters. The number of aliphatic hydroxyl groups excluding tert-OH is 1. The highest BCUT2D eigenvalue weighted by Crippen LogP contribution is 2.24. The summed E-state index contributed by atoms with van der Waals surface area (Å²) in [6.07, 6.45) is 2.73. The predicted octanol–water partition coefficient (Wildman–Crippen LogP) is 3.05. The Labute approximate surface area is 136 Å². The monoisotopic (exact) mass is 332 g/mol. The summed E-state index contributed by atoms with van der Waals surface area (Å²) in [5.41, 5.74) is 1.36. The molecule has 0 fully saturated rings. The Hall–Kier alpha value is -2.57. The molecule has 118 valence electrons. The number of halogens is 1. The summed E-state index contributed by atoms with van der Waals surface area (Å²) in [5.74, 6) is 0.0389. The highest BCUT2D eigenvalue weighted by Gasteiger charge is 2.22. The van der Waals surface area contributed by atoms with Crippen LogP contribution in [-0.4, -0.2) is 22.8 Å². The molecule has 1 amide bonds. The number of nitrogens with zero attached hydrogens (tertiary/aromatic N) is 1. The molecule has 0 aliphatic heterocycles. The summed E-state index contributed by atoms with van der Waals surface area (Å²) in [4.78, 5) is 12.4. The van der Waals surface area contributed by atoms with Crippen molar-refractivity contribution >= 4 is 17.5 Å². The van der Waals surface area contributed by atoms with E-state index in [9.17, 15) is 9.90 Å². The van der Waals surface area contributed by atoms with Crippen LogP contribution in [-0.2, 0) is 0 Å². The van der Waals surface area contributed by atoms with Crippen LogP contribution in [0.3, 0.4) is 0 Å². The van der Waals surface area contributed by atoms with Gasteiger partial charge in [-0.15, -0.1) is 0 Å². The van der Waals surface area contributed by atoms with Gasteiger partial charge in [0.25, 0.3) is 5.91 Å². The lowest BCUT2D eigenvalue weighted by molar-refractivity contribution is 0.0907. The number of benzene rings is 1. The Morgan fingerprint density at radius 3 is 2.74 bits per heavy atom. The Kier molecular flexibility index (Phi) is 4.45. The average Bonchev–Trinajstić information content (AvgIpc) is 3.24. The SMILES string of the molecule is O=C(NC(CO)c1ccco1)c1conc1-c1ccc(Cl)cc1. The van der Waals surface area contributed by atoms with E-state index in [4.69, 9.17) is 20.5 Å². The molecule has 0 saturated heterocycles. The molecule has 0 aliphatic carbocycles. The Morgan fingerprint density at radius 1 is 1.30 bits per heavy atom. The number of furan rings is 1.